The zero-order chi connectivity index (χ0) is 8.48. The lowest BCUT2D eigenvalue weighted by molar-refractivity contribution is 0.424. The molecule has 3 unspecified atom stereocenters. The highest BCUT2D eigenvalue weighted by Crippen LogP contribution is 2.45. The normalized spacial score (nSPS) is 45.8. The van der Waals surface area contributed by atoms with Crippen LogP contribution in [0.1, 0.15) is 32.6 Å². The van der Waals surface area contributed by atoms with E-state index >= 15 is 0 Å². The van der Waals surface area contributed by atoms with Gasteiger partial charge in [-0.15, -0.1) is 0 Å². The van der Waals surface area contributed by atoms with Gasteiger partial charge in [0, 0.05) is 14.0 Å². The van der Waals surface area contributed by atoms with E-state index in [1.807, 2.05) is 0 Å². The molecule has 1 aliphatic rings. The lowest BCUT2D eigenvalue weighted by Gasteiger charge is -2.38. The molecule has 3 heteroatoms. The fraction of sp³-hybridized carbons (Fsp3) is 1.00. The van der Waals surface area contributed by atoms with E-state index in [1.54, 1.807) is 0 Å². The van der Waals surface area contributed by atoms with Gasteiger partial charge < -0.3 is 0 Å². The van der Waals surface area contributed by atoms with E-state index in [0.29, 0.717) is 14.0 Å². The summed E-state index contributed by atoms with van der Waals surface area (Å²) in [7, 11) is 0. The molecule has 0 heterocycles. The van der Waals surface area contributed by atoms with Crippen molar-refractivity contribution < 1.29 is 0 Å². The van der Waals surface area contributed by atoms with Crippen molar-refractivity contribution in [2.24, 2.45) is 0 Å². The van der Waals surface area contributed by atoms with Gasteiger partial charge in [-0.2, -0.15) is 0 Å². The lowest BCUT2D eigenvalue weighted by Crippen LogP contribution is -2.41. The Hall–Kier alpha value is 1.44. The quantitative estimate of drug-likeness (QED) is 0.622. The second-order valence-electron chi connectivity index (χ2n) is 3.20. The second-order valence-corrected chi connectivity index (χ2v) is 6.94. The van der Waals surface area contributed by atoms with E-state index in [4.69, 9.17) is 0 Å². The first kappa shape index (κ1) is 10.5. The topological polar surface area (TPSA) is 0 Å². The van der Waals surface area contributed by atoms with Gasteiger partial charge in [0.2, 0.25) is 0 Å². The van der Waals surface area contributed by atoms with Gasteiger partial charge in [-0.05, 0) is 19.3 Å². The molecule has 1 aliphatic carbocycles. The molecule has 0 spiro atoms. The SMILES string of the molecule is CCC1(Br)CCCC(Br)C1Br. The summed E-state index contributed by atoms with van der Waals surface area (Å²) in [5.41, 5.74) is 0. The van der Waals surface area contributed by atoms with Crippen LogP contribution in [0.5, 0.6) is 0 Å². The average molecular weight is 349 g/mol. The van der Waals surface area contributed by atoms with Gasteiger partial charge in [0.05, 0.1) is 0 Å². The van der Waals surface area contributed by atoms with Crippen molar-refractivity contribution in [3.8, 4) is 0 Å². The maximum Gasteiger partial charge on any atom is 0.0424 e. The molecule has 3 atom stereocenters. The van der Waals surface area contributed by atoms with Gasteiger partial charge in [-0.1, -0.05) is 61.1 Å². The van der Waals surface area contributed by atoms with E-state index in [2.05, 4.69) is 54.7 Å². The van der Waals surface area contributed by atoms with Crippen LogP contribution in [0.3, 0.4) is 0 Å². The number of halogens is 3. The zero-order valence-corrected chi connectivity index (χ0v) is 11.4. The third kappa shape index (κ3) is 2.22. The first-order valence-electron chi connectivity index (χ1n) is 4.07. The molecule has 0 aliphatic heterocycles. The number of hydrogen-bond donors (Lipinski definition) is 0. The average Bonchev–Trinajstić information content (AvgIpc) is 2.00. The summed E-state index contributed by atoms with van der Waals surface area (Å²) in [5.74, 6) is 0. The van der Waals surface area contributed by atoms with Crippen LogP contribution >= 0.6 is 47.8 Å². The van der Waals surface area contributed by atoms with E-state index in [9.17, 15) is 0 Å². The van der Waals surface area contributed by atoms with Gasteiger partial charge in [0.1, 0.15) is 0 Å². The zero-order valence-electron chi connectivity index (χ0n) is 6.62. The Balaban J connectivity index is 2.64. The number of rotatable bonds is 1. The molecule has 0 radical (unpaired) electrons. The van der Waals surface area contributed by atoms with Crippen molar-refractivity contribution in [1.29, 1.82) is 0 Å². The molecule has 0 aromatic carbocycles. The van der Waals surface area contributed by atoms with E-state index < -0.39 is 0 Å². The highest BCUT2D eigenvalue weighted by Gasteiger charge is 2.39. The molecule has 1 saturated carbocycles. The maximum atomic E-state index is 3.82. The van der Waals surface area contributed by atoms with Gasteiger partial charge >= 0.3 is 0 Å². The van der Waals surface area contributed by atoms with Crippen molar-refractivity contribution in [3.05, 3.63) is 0 Å². The third-order valence-electron chi connectivity index (χ3n) is 2.47. The Morgan fingerprint density at radius 1 is 1.45 bits per heavy atom. The molecule has 0 amide bonds. The van der Waals surface area contributed by atoms with Crippen LogP contribution < -0.4 is 0 Å². The standard InChI is InChI=1S/C8H13Br3/c1-2-8(11)5-3-4-6(9)7(8)10/h6-7H,2-5H2,1H3. The van der Waals surface area contributed by atoms with Crippen LogP contribution in [-0.4, -0.2) is 14.0 Å². The molecule has 0 aromatic rings. The van der Waals surface area contributed by atoms with Crippen molar-refractivity contribution in [2.75, 3.05) is 0 Å². The van der Waals surface area contributed by atoms with Gasteiger partial charge in [-0.25, -0.2) is 0 Å². The summed E-state index contributed by atoms with van der Waals surface area (Å²) in [5, 5.41) is 0. The van der Waals surface area contributed by atoms with E-state index in [1.165, 1.54) is 25.7 Å². The van der Waals surface area contributed by atoms with Crippen molar-refractivity contribution >= 4 is 47.8 Å². The van der Waals surface area contributed by atoms with Gasteiger partial charge in [0.25, 0.3) is 0 Å². The van der Waals surface area contributed by atoms with Gasteiger partial charge in [0.15, 0.2) is 0 Å². The molecule has 0 bridgehead atoms. The highest BCUT2D eigenvalue weighted by molar-refractivity contribution is 9.14. The van der Waals surface area contributed by atoms with Crippen LogP contribution in [0.25, 0.3) is 0 Å². The molecule has 0 nitrogen and oxygen atoms in total. The van der Waals surface area contributed by atoms with Crippen LogP contribution in [0.15, 0.2) is 0 Å². The van der Waals surface area contributed by atoms with Crippen molar-refractivity contribution in [1.82, 2.24) is 0 Å². The Morgan fingerprint density at radius 3 is 2.55 bits per heavy atom. The van der Waals surface area contributed by atoms with Gasteiger partial charge in [-0.3, -0.25) is 0 Å². The first-order chi connectivity index (χ1) is 5.10. The van der Waals surface area contributed by atoms with Crippen molar-refractivity contribution in [3.63, 3.8) is 0 Å². The van der Waals surface area contributed by atoms with E-state index in [0.717, 1.165) is 0 Å². The Morgan fingerprint density at radius 2 is 2.09 bits per heavy atom. The smallest absolute Gasteiger partial charge is 0.0424 e. The molecular weight excluding hydrogens is 336 g/mol. The Bertz CT molecular complexity index is 137. The fourth-order valence-electron chi connectivity index (χ4n) is 1.57. The minimum atomic E-state index is 0.333. The molecule has 1 fully saturated rings. The van der Waals surface area contributed by atoms with Crippen LogP contribution in [0, 0.1) is 0 Å². The summed E-state index contributed by atoms with van der Waals surface area (Å²) >= 11 is 11.3. The monoisotopic (exact) mass is 346 g/mol. The van der Waals surface area contributed by atoms with Crippen molar-refractivity contribution in [2.45, 2.75) is 46.6 Å². The van der Waals surface area contributed by atoms with E-state index in [-0.39, 0.29) is 0 Å². The molecule has 11 heavy (non-hydrogen) atoms. The lowest BCUT2D eigenvalue weighted by atomic mass is 9.87. The molecule has 66 valence electrons. The first-order valence-corrected chi connectivity index (χ1v) is 6.69. The number of alkyl halides is 3. The fourth-order valence-corrected chi connectivity index (χ4v) is 4.17. The predicted octanol–water partition coefficient (Wildman–Crippen LogP) is 4.24. The summed E-state index contributed by atoms with van der Waals surface area (Å²) < 4.78 is 0.333. The second kappa shape index (κ2) is 4.10. The third-order valence-corrected chi connectivity index (χ3v) is 7.75. The summed E-state index contributed by atoms with van der Waals surface area (Å²) in [6, 6.07) is 0. The number of hydrogen-bond acceptors (Lipinski definition) is 0. The Labute approximate surface area is 93.9 Å². The van der Waals surface area contributed by atoms with Crippen LogP contribution in [0.4, 0.5) is 0 Å². The molecular formula is C8H13Br3. The summed E-state index contributed by atoms with van der Waals surface area (Å²) in [4.78, 5) is 1.21. The summed E-state index contributed by atoms with van der Waals surface area (Å²) in [6.07, 6.45) is 5.12. The molecule has 1 rings (SSSR count). The minimum Gasteiger partial charge on any atom is -0.0878 e. The molecule has 0 saturated heterocycles. The summed E-state index contributed by atoms with van der Waals surface area (Å²) in [6.45, 7) is 2.24. The maximum absolute atomic E-state index is 3.82. The minimum absolute atomic E-state index is 0.333. The largest absolute Gasteiger partial charge is 0.0878 e. The predicted molar refractivity (Wildman–Crippen MR) is 61.2 cm³/mol. The van der Waals surface area contributed by atoms with Crippen LogP contribution in [0.2, 0.25) is 0 Å². The highest BCUT2D eigenvalue weighted by atomic mass is 79.9. The molecule has 0 N–H and O–H groups in total. The van der Waals surface area contributed by atoms with Crippen LogP contribution in [-0.2, 0) is 0 Å². The Kier molecular flexibility index (Phi) is 3.92. The molecule has 0 aromatic heterocycles.